The van der Waals surface area contributed by atoms with Crippen LogP contribution in [-0.2, 0) is 6.42 Å². The molecule has 1 fully saturated rings. The highest BCUT2D eigenvalue weighted by molar-refractivity contribution is 14.0. The molecule has 3 heterocycles. The van der Waals surface area contributed by atoms with Crippen molar-refractivity contribution in [2.45, 2.75) is 13.3 Å². The topological polar surface area (TPSA) is 96.7 Å². The number of hydrogen-bond donors (Lipinski definition) is 1. The molecule has 23 heavy (non-hydrogen) atoms. The van der Waals surface area contributed by atoms with E-state index in [2.05, 4.69) is 29.9 Å². The van der Waals surface area contributed by atoms with Crippen molar-refractivity contribution in [3.8, 4) is 0 Å². The maximum absolute atomic E-state index is 6.06. The molecule has 2 aromatic rings. The van der Waals surface area contributed by atoms with Gasteiger partial charge in [0.2, 0.25) is 5.89 Å². The minimum atomic E-state index is 0. The summed E-state index contributed by atoms with van der Waals surface area (Å²) in [6.45, 7) is 5.88. The molecular formula is C13H20IN7OS. The predicted molar refractivity (Wildman–Crippen MR) is 101 cm³/mol. The van der Waals surface area contributed by atoms with Crippen LogP contribution in [0.1, 0.15) is 11.7 Å². The highest BCUT2D eigenvalue weighted by Gasteiger charge is 2.19. The summed E-state index contributed by atoms with van der Waals surface area (Å²) in [6.07, 6.45) is 2.45. The molecule has 126 valence electrons. The Balaban J connectivity index is 0.00000192. The first-order valence-electron chi connectivity index (χ1n) is 7.21. The molecule has 0 bridgehead atoms. The molecule has 0 aromatic carbocycles. The third-order valence-corrected chi connectivity index (χ3v) is 4.29. The average Bonchev–Trinajstić information content (AvgIpc) is 3.19. The fourth-order valence-corrected chi connectivity index (χ4v) is 3.00. The van der Waals surface area contributed by atoms with E-state index in [9.17, 15) is 0 Å². The fourth-order valence-electron chi connectivity index (χ4n) is 2.31. The summed E-state index contributed by atoms with van der Waals surface area (Å²) in [6, 6.07) is 0. The number of aliphatic imine (C=N–C) groups is 1. The molecule has 8 nitrogen and oxygen atoms in total. The molecule has 0 spiro atoms. The standard InChI is InChI=1S/C13H19N7OS.HI/c1-10-17-11(21-18-10)2-3-15-12(14)19-5-7-20(8-6-19)13-16-4-9-22-13;/h4,9H,2-3,5-8H2,1H3,(H2,14,15);1H. The van der Waals surface area contributed by atoms with Crippen molar-refractivity contribution in [2.24, 2.45) is 10.7 Å². The van der Waals surface area contributed by atoms with Gasteiger partial charge in [-0.25, -0.2) is 4.98 Å². The van der Waals surface area contributed by atoms with Crippen molar-refractivity contribution in [2.75, 3.05) is 37.6 Å². The second-order valence-corrected chi connectivity index (χ2v) is 5.89. The number of piperazine rings is 1. The van der Waals surface area contributed by atoms with Crippen LogP contribution >= 0.6 is 35.3 Å². The van der Waals surface area contributed by atoms with Gasteiger partial charge in [0, 0.05) is 44.2 Å². The van der Waals surface area contributed by atoms with Crippen LogP contribution in [0.2, 0.25) is 0 Å². The van der Waals surface area contributed by atoms with Gasteiger partial charge in [-0.05, 0) is 6.92 Å². The van der Waals surface area contributed by atoms with Gasteiger partial charge in [-0.15, -0.1) is 35.3 Å². The Morgan fingerprint density at radius 2 is 2.17 bits per heavy atom. The first-order valence-corrected chi connectivity index (χ1v) is 8.09. The summed E-state index contributed by atoms with van der Waals surface area (Å²) in [5.41, 5.74) is 6.06. The van der Waals surface area contributed by atoms with Gasteiger partial charge < -0.3 is 20.1 Å². The van der Waals surface area contributed by atoms with Crippen LogP contribution in [0, 0.1) is 6.92 Å². The predicted octanol–water partition coefficient (Wildman–Crippen LogP) is 1.13. The average molecular weight is 449 g/mol. The number of thiazole rings is 1. The monoisotopic (exact) mass is 449 g/mol. The fraction of sp³-hybridized carbons (Fsp3) is 0.538. The number of aromatic nitrogens is 3. The number of guanidine groups is 1. The van der Waals surface area contributed by atoms with Crippen LogP contribution in [0.4, 0.5) is 5.13 Å². The van der Waals surface area contributed by atoms with Crippen molar-refractivity contribution < 1.29 is 4.52 Å². The van der Waals surface area contributed by atoms with E-state index in [1.165, 1.54) is 0 Å². The molecule has 1 aliphatic heterocycles. The Morgan fingerprint density at radius 3 is 2.78 bits per heavy atom. The lowest BCUT2D eigenvalue weighted by molar-refractivity contribution is 0.372. The van der Waals surface area contributed by atoms with Crippen LogP contribution in [0.3, 0.4) is 0 Å². The van der Waals surface area contributed by atoms with E-state index in [0.29, 0.717) is 30.6 Å². The lowest BCUT2D eigenvalue weighted by atomic mass is 10.3. The van der Waals surface area contributed by atoms with Gasteiger partial charge in [0.15, 0.2) is 16.9 Å². The highest BCUT2D eigenvalue weighted by Crippen LogP contribution is 2.18. The maximum atomic E-state index is 6.06. The van der Waals surface area contributed by atoms with Gasteiger partial charge in [0.1, 0.15) is 0 Å². The number of aryl methyl sites for hydroxylation is 1. The summed E-state index contributed by atoms with van der Waals surface area (Å²) < 4.78 is 5.05. The van der Waals surface area contributed by atoms with Gasteiger partial charge in [-0.3, -0.25) is 4.99 Å². The number of nitrogens with zero attached hydrogens (tertiary/aromatic N) is 6. The van der Waals surface area contributed by atoms with Crippen molar-refractivity contribution in [1.29, 1.82) is 0 Å². The second-order valence-electron chi connectivity index (χ2n) is 5.01. The van der Waals surface area contributed by atoms with E-state index in [0.717, 1.165) is 31.3 Å². The Morgan fingerprint density at radius 1 is 1.39 bits per heavy atom. The first kappa shape index (κ1) is 17.9. The number of nitrogens with two attached hydrogens (primary N) is 1. The zero-order valence-corrected chi connectivity index (χ0v) is 16.0. The van der Waals surface area contributed by atoms with Gasteiger partial charge in [0.25, 0.3) is 0 Å². The number of hydrogen-bond acceptors (Lipinski definition) is 7. The van der Waals surface area contributed by atoms with Gasteiger partial charge in [-0.2, -0.15) is 4.98 Å². The summed E-state index contributed by atoms with van der Waals surface area (Å²) in [4.78, 5) is 17.3. The molecule has 1 saturated heterocycles. The molecule has 10 heteroatoms. The van der Waals surface area contributed by atoms with Crippen molar-refractivity contribution >= 4 is 46.4 Å². The van der Waals surface area contributed by atoms with Crippen LogP contribution in [-0.4, -0.2) is 58.7 Å². The van der Waals surface area contributed by atoms with Crippen LogP contribution in [0.25, 0.3) is 0 Å². The molecule has 3 rings (SSSR count). The zero-order chi connectivity index (χ0) is 15.4. The molecule has 2 N–H and O–H groups in total. The summed E-state index contributed by atoms with van der Waals surface area (Å²) >= 11 is 1.66. The molecule has 0 amide bonds. The minimum absolute atomic E-state index is 0. The number of rotatable bonds is 4. The van der Waals surface area contributed by atoms with E-state index in [1.54, 1.807) is 18.3 Å². The summed E-state index contributed by atoms with van der Waals surface area (Å²) in [7, 11) is 0. The Kier molecular flexibility index (Phi) is 6.57. The molecule has 0 unspecified atom stereocenters. The quantitative estimate of drug-likeness (QED) is 0.425. The minimum Gasteiger partial charge on any atom is -0.370 e. The SMILES string of the molecule is Cc1noc(CCN=C(N)N2CCN(c3nccs3)CC2)n1.I. The first-order chi connectivity index (χ1) is 10.7. The maximum Gasteiger partial charge on any atom is 0.228 e. The summed E-state index contributed by atoms with van der Waals surface area (Å²) in [5.74, 6) is 1.82. The molecular weight excluding hydrogens is 429 g/mol. The van der Waals surface area contributed by atoms with Crippen LogP contribution in [0.5, 0.6) is 0 Å². The van der Waals surface area contributed by atoms with E-state index in [-0.39, 0.29) is 24.0 Å². The van der Waals surface area contributed by atoms with Crippen LogP contribution in [0.15, 0.2) is 21.1 Å². The van der Waals surface area contributed by atoms with Gasteiger partial charge in [-0.1, -0.05) is 5.16 Å². The van der Waals surface area contributed by atoms with Crippen molar-refractivity contribution in [3.63, 3.8) is 0 Å². The molecule has 0 radical (unpaired) electrons. The van der Waals surface area contributed by atoms with Crippen LogP contribution < -0.4 is 10.6 Å². The number of halogens is 1. The van der Waals surface area contributed by atoms with Gasteiger partial charge >= 0.3 is 0 Å². The Bertz CT molecular complexity index is 622. The normalized spacial score (nSPS) is 15.6. The summed E-state index contributed by atoms with van der Waals surface area (Å²) in [5, 5.41) is 6.82. The Hall–Kier alpha value is -1.43. The third kappa shape index (κ3) is 4.77. The lowest BCUT2D eigenvalue weighted by Gasteiger charge is -2.35. The van der Waals surface area contributed by atoms with Crippen molar-refractivity contribution in [1.82, 2.24) is 20.0 Å². The van der Waals surface area contributed by atoms with E-state index in [1.807, 2.05) is 11.6 Å². The molecule has 0 atom stereocenters. The molecule has 0 aliphatic carbocycles. The van der Waals surface area contributed by atoms with E-state index >= 15 is 0 Å². The highest BCUT2D eigenvalue weighted by atomic mass is 127. The molecule has 1 aliphatic rings. The second kappa shape index (κ2) is 8.43. The van der Waals surface area contributed by atoms with Gasteiger partial charge in [0.05, 0.1) is 6.54 Å². The lowest BCUT2D eigenvalue weighted by Crippen LogP contribution is -2.51. The smallest absolute Gasteiger partial charge is 0.228 e. The number of anilines is 1. The Labute approximate surface area is 155 Å². The van der Waals surface area contributed by atoms with E-state index in [4.69, 9.17) is 10.3 Å². The van der Waals surface area contributed by atoms with Crippen molar-refractivity contribution in [3.05, 3.63) is 23.3 Å². The third-order valence-electron chi connectivity index (χ3n) is 3.46. The molecule has 2 aromatic heterocycles. The molecule has 0 saturated carbocycles. The largest absolute Gasteiger partial charge is 0.370 e. The van der Waals surface area contributed by atoms with E-state index < -0.39 is 0 Å². The zero-order valence-electron chi connectivity index (χ0n) is 12.9.